The van der Waals surface area contributed by atoms with Crippen LogP contribution in [-0.4, -0.2) is 37.0 Å². The van der Waals surface area contributed by atoms with E-state index in [1.807, 2.05) is 0 Å². The fourth-order valence-electron chi connectivity index (χ4n) is 6.03. The number of aliphatic hydroxyl groups is 1. The third-order valence-corrected chi connectivity index (χ3v) is 9.09. The molecule has 1 atom stereocenters. The first-order valence-electron chi connectivity index (χ1n) is 20.3. The maximum absolute atomic E-state index is 12.1. The quantitative estimate of drug-likeness (QED) is 0.0416. The minimum absolute atomic E-state index is 0.170. The number of allylic oxidation sites excluding steroid dienone is 2. The van der Waals surface area contributed by atoms with E-state index in [1.165, 1.54) is 180 Å². The summed E-state index contributed by atoms with van der Waals surface area (Å²) in [6, 6.07) is 0. The molecule has 0 saturated heterocycles. The summed E-state index contributed by atoms with van der Waals surface area (Å²) in [6.45, 7) is 5.36. The highest BCUT2D eigenvalue weighted by Crippen LogP contribution is 2.15. The lowest BCUT2D eigenvalue weighted by Crippen LogP contribution is -2.27. The Hall–Kier alpha value is -0.870. The van der Waals surface area contributed by atoms with E-state index < -0.39 is 6.10 Å². The van der Waals surface area contributed by atoms with Crippen molar-refractivity contribution in [3.05, 3.63) is 12.2 Å². The number of carbonyl (C=O) groups is 1. The molecule has 0 aromatic rings. The average Bonchev–Trinajstić information content (AvgIpc) is 3.05. The highest BCUT2D eigenvalue weighted by atomic mass is 16.6. The number of hydrogen-bond donors (Lipinski definition) is 1. The zero-order chi connectivity index (χ0) is 32.7. The molecule has 0 aromatic carbocycles. The largest absolute Gasteiger partial charge is 0.457 e. The molecule has 0 rings (SSSR count). The summed E-state index contributed by atoms with van der Waals surface area (Å²) < 4.78 is 11.1. The SMILES string of the molecule is CCCCCC/C=C\CCCCCCCC(=O)OC(CO)COCCCCCCCCCCCCCCCCCCCCCC. The van der Waals surface area contributed by atoms with Gasteiger partial charge in [0.25, 0.3) is 0 Å². The Labute approximate surface area is 282 Å². The lowest BCUT2D eigenvalue weighted by atomic mass is 10.0. The van der Waals surface area contributed by atoms with Gasteiger partial charge in [0.15, 0.2) is 0 Å². The molecule has 45 heavy (non-hydrogen) atoms. The van der Waals surface area contributed by atoms with E-state index >= 15 is 0 Å². The Morgan fingerprint density at radius 2 is 0.867 bits per heavy atom. The van der Waals surface area contributed by atoms with Crippen molar-refractivity contribution in [1.82, 2.24) is 0 Å². The molecule has 1 unspecified atom stereocenters. The Kier molecular flexibility index (Phi) is 38.5. The molecule has 0 heterocycles. The average molecular weight is 637 g/mol. The molecule has 0 aliphatic carbocycles. The van der Waals surface area contributed by atoms with E-state index in [0.717, 1.165) is 19.3 Å². The summed E-state index contributed by atoms with van der Waals surface area (Å²) in [5.74, 6) is -0.206. The van der Waals surface area contributed by atoms with E-state index in [0.29, 0.717) is 19.6 Å². The highest BCUT2D eigenvalue weighted by molar-refractivity contribution is 5.69. The van der Waals surface area contributed by atoms with Crippen LogP contribution in [0.3, 0.4) is 0 Å². The standard InChI is InChI=1S/C41H80O4/c1-3-5-7-9-11-13-15-17-18-19-20-21-22-23-25-27-29-31-33-35-37-44-39-40(38-42)45-41(43)36-34-32-30-28-26-24-16-14-12-10-8-6-4-2/h14,16,40,42H,3-13,15,17-39H2,1-2H3/b16-14-. The monoisotopic (exact) mass is 637 g/mol. The van der Waals surface area contributed by atoms with E-state index in [4.69, 9.17) is 9.47 Å². The Morgan fingerprint density at radius 3 is 1.29 bits per heavy atom. The zero-order valence-corrected chi connectivity index (χ0v) is 30.7. The summed E-state index contributed by atoms with van der Waals surface area (Å²) in [5.41, 5.74) is 0. The van der Waals surface area contributed by atoms with Gasteiger partial charge < -0.3 is 14.6 Å². The number of esters is 1. The molecule has 0 aliphatic heterocycles. The van der Waals surface area contributed by atoms with Gasteiger partial charge in [-0.2, -0.15) is 0 Å². The number of carbonyl (C=O) groups excluding carboxylic acids is 1. The lowest BCUT2D eigenvalue weighted by Gasteiger charge is -2.15. The maximum Gasteiger partial charge on any atom is 0.306 e. The van der Waals surface area contributed by atoms with Gasteiger partial charge in [-0.15, -0.1) is 0 Å². The van der Waals surface area contributed by atoms with Gasteiger partial charge in [0, 0.05) is 13.0 Å². The molecule has 0 aromatic heterocycles. The van der Waals surface area contributed by atoms with Crippen LogP contribution in [0.25, 0.3) is 0 Å². The second-order valence-electron chi connectivity index (χ2n) is 13.7. The van der Waals surface area contributed by atoms with Gasteiger partial charge in [0.2, 0.25) is 0 Å². The molecule has 4 nitrogen and oxygen atoms in total. The Bertz CT molecular complexity index is 590. The molecule has 0 radical (unpaired) electrons. The van der Waals surface area contributed by atoms with Crippen LogP contribution < -0.4 is 0 Å². The molecule has 0 bridgehead atoms. The fraction of sp³-hybridized carbons (Fsp3) is 0.927. The maximum atomic E-state index is 12.1. The number of ether oxygens (including phenoxy) is 2. The summed E-state index contributed by atoms with van der Waals surface area (Å²) in [5, 5.41) is 9.57. The van der Waals surface area contributed by atoms with Crippen molar-refractivity contribution in [2.24, 2.45) is 0 Å². The molecular weight excluding hydrogens is 556 g/mol. The molecule has 0 saturated carbocycles. The van der Waals surface area contributed by atoms with Gasteiger partial charge in [0.1, 0.15) is 6.10 Å². The number of rotatable bonds is 38. The molecule has 1 N–H and O–H groups in total. The van der Waals surface area contributed by atoms with E-state index in [2.05, 4.69) is 26.0 Å². The summed E-state index contributed by atoms with van der Waals surface area (Å²) in [6.07, 6.45) is 45.5. The number of unbranched alkanes of at least 4 members (excludes halogenated alkanes) is 28. The molecule has 0 aliphatic rings. The Morgan fingerprint density at radius 1 is 0.511 bits per heavy atom. The molecule has 0 amide bonds. The van der Waals surface area contributed by atoms with Gasteiger partial charge >= 0.3 is 5.97 Å². The minimum Gasteiger partial charge on any atom is -0.457 e. The second kappa shape index (κ2) is 39.3. The fourth-order valence-corrected chi connectivity index (χ4v) is 6.03. The summed E-state index contributed by atoms with van der Waals surface area (Å²) in [4.78, 5) is 12.1. The van der Waals surface area contributed by atoms with Crippen LogP contribution >= 0.6 is 0 Å². The second-order valence-corrected chi connectivity index (χ2v) is 13.7. The van der Waals surface area contributed by atoms with Crippen molar-refractivity contribution in [2.75, 3.05) is 19.8 Å². The highest BCUT2D eigenvalue weighted by Gasteiger charge is 2.13. The zero-order valence-electron chi connectivity index (χ0n) is 30.7. The lowest BCUT2D eigenvalue weighted by molar-refractivity contribution is -0.154. The van der Waals surface area contributed by atoms with Crippen LogP contribution in [-0.2, 0) is 14.3 Å². The van der Waals surface area contributed by atoms with Gasteiger partial charge in [0.05, 0.1) is 13.2 Å². The Balaban J connectivity index is 3.37. The van der Waals surface area contributed by atoms with Crippen LogP contribution in [0.1, 0.15) is 219 Å². The smallest absolute Gasteiger partial charge is 0.306 e. The number of hydrogen-bond acceptors (Lipinski definition) is 4. The van der Waals surface area contributed by atoms with Crippen LogP contribution in [0, 0.1) is 0 Å². The van der Waals surface area contributed by atoms with Gasteiger partial charge in [-0.25, -0.2) is 0 Å². The topological polar surface area (TPSA) is 55.8 Å². The first kappa shape index (κ1) is 44.1. The van der Waals surface area contributed by atoms with Gasteiger partial charge in [-0.05, 0) is 38.5 Å². The first-order chi connectivity index (χ1) is 22.2. The summed E-state index contributed by atoms with van der Waals surface area (Å²) in [7, 11) is 0. The predicted molar refractivity (Wildman–Crippen MR) is 196 cm³/mol. The van der Waals surface area contributed by atoms with Crippen LogP contribution in [0.5, 0.6) is 0 Å². The molecular formula is C41H80O4. The third kappa shape index (κ3) is 37.5. The van der Waals surface area contributed by atoms with Crippen LogP contribution in [0.4, 0.5) is 0 Å². The van der Waals surface area contributed by atoms with Gasteiger partial charge in [-0.3, -0.25) is 4.79 Å². The van der Waals surface area contributed by atoms with Crippen LogP contribution in [0.15, 0.2) is 12.2 Å². The molecule has 0 spiro atoms. The predicted octanol–water partition coefficient (Wildman–Crippen LogP) is 13.0. The van der Waals surface area contributed by atoms with Crippen molar-refractivity contribution in [3.8, 4) is 0 Å². The number of aliphatic hydroxyl groups excluding tert-OH is 1. The molecule has 0 fully saturated rings. The van der Waals surface area contributed by atoms with Crippen molar-refractivity contribution in [3.63, 3.8) is 0 Å². The third-order valence-electron chi connectivity index (χ3n) is 9.09. The van der Waals surface area contributed by atoms with Crippen molar-refractivity contribution < 1.29 is 19.4 Å². The van der Waals surface area contributed by atoms with E-state index in [-0.39, 0.29) is 12.6 Å². The van der Waals surface area contributed by atoms with Gasteiger partial charge in [-0.1, -0.05) is 187 Å². The minimum atomic E-state index is -0.531. The summed E-state index contributed by atoms with van der Waals surface area (Å²) >= 11 is 0. The van der Waals surface area contributed by atoms with Crippen molar-refractivity contribution in [2.45, 2.75) is 225 Å². The van der Waals surface area contributed by atoms with Crippen molar-refractivity contribution in [1.29, 1.82) is 0 Å². The first-order valence-corrected chi connectivity index (χ1v) is 20.3. The normalized spacial score (nSPS) is 12.3. The van der Waals surface area contributed by atoms with E-state index in [9.17, 15) is 9.90 Å². The molecule has 4 heteroatoms. The van der Waals surface area contributed by atoms with Crippen molar-refractivity contribution >= 4 is 5.97 Å². The van der Waals surface area contributed by atoms with Crippen LogP contribution in [0.2, 0.25) is 0 Å². The molecule has 268 valence electrons. The van der Waals surface area contributed by atoms with E-state index in [1.54, 1.807) is 0 Å².